The number of para-hydroxylation sites is 1. The van der Waals surface area contributed by atoms with E-state index in [0.717, 1.165) is 16.5 Å². The number of aryl methyl sites for hydroxylation is 1. The van der Waals surface area contributed by atoms with Crippen LogP contribution in [0.25, 0.3) is 22.0 Å². The predicted molar refractivity (Wildman–Crippen MR) is 128 cm³/mol. The first-order valence-corrected chi connectivity index (χ1v) is 11.1. The minimum atomic E-state index is -0.940. The highest BCUT2D eigenvalue weighted by Gasteiger charge is 2.43. The van der Waals surface area contributed by atoms with Gasteiger partial charge in [-0.2, -0.15) is 0 Å². The van der Waals surface area contributed by atoms with Gasteiger partial charge in [-0.25, -0.2) is 8.78 Å². The van der Waals surface area contributed by atoms with E-state index >= 15 is 8.78 Å². The molecule has 0 saturated heterocycles. The van der Waals surface area contributed by atoms with Crippen molar-refractivity contribution in [3.8, 4) is 11.1 Å². The van der Waals surface area contributed by atoms with E-state index in [0.29, 0.717) is 23.3 Å². The molecule has 6 heteroatoms. The molecule has 3 aromatic carbocycles. The lowest BCUT2D eigenvalue weighted by molar-refractivity contribution is 0.0663. The molecule has 170 valence electrons. The summed E-state index contributed by atoms with van der Waals surface area (Å²) in [5.41, 5.74) is 2.88. The van der Waals surface area contributed by atoms with Crippen molar-refractivity contribution < 1.29 is 13.9 Å². The Balaban J connectivity index is 1.66. The van der Waals surface area contributed by atoms with E-state index in [1.165, 1.54) is 6.07 Å². The van der Waals surface area contributed by atoms with Crippen LogP contribution < -0.4 is 10.6 Å². The summed E-state index contributed by atoms with van der Waals surface area (Å²) < 4.78 is 31.6. The monoisotopic (exact) mass is 447 g/mol. The zero-order chi connectivity index (χ0) is 23.3. The molecule has 0 amide bonds. The van der Waals surface area contributed by atoms with Crippen molar-refractivity contribution in [2.24, 2.45) is 0 Å². The van der Waals surface area contributed by atoms with Gasteiger partial charge in [-0.1, -0.05) is 48.5 Å². The summed E-state index contributed by atoms with van der Waals surface area (Å²) >= 11 is 0. The first-order chi connectivity index (χ1) is 15.8. The summed E-state index contributed by atoms with van der Waals surface area (Å²) in [7, 11) is 0. The number of fused-ring (bicyclic) bond motifs is 2. The number of hydrogen-bond acceptors (Lipinski definition) is 3. The summed E-state index contributed by atoms with van der Waals surface area (Å²) in [6, 6.07) is 15.8. The van der Waals surface area contributed by atoms with Crippen molar-refractivity contribution in [3.63, 3.8) is 0 Å². The van der Waals surface area contributed by atoms with E-state index in [4.69, 9.17) is 0 Å². The number of benzene rings is 3. The Labute approximate surface area is 191 Å². The van der Waals surface area contributed by atoms with Gasteiger partial charge in [-0.05, 0) is 38.0 Å². The van der Waals surface area contributed by atoms with Crippen LogP contribution in [0.1, 0.15) is 36.6 Å². The number of nitrogens with one attached hydrogen (secondary N) is 3. The lowest BCUT2D eigenvalue weighted by Crippen LogP contribution is -2.54. The highest BCUT2D eigenvalue weighted by atomic mass is 19.1. The van der Waals surface area contributed by atoms with Crippen LogP contribution in [-0.4, -0.2) is 21.7 Å². The molecule has 4 N–H and O–H groups in total. The number of H-pyrrole nitrogens is 1. The van der Waals surface area contributed by atoms with Crippen LogP contribution in [0.5, 0.6) is 0 Å². The molecule has 0 unspecified atom stereocenters. The number of anilines is 1. The van der Waals surface area contributed by atoms with Crippen LogP contribution >= 0.6 is 0 Å². The van der Waals surface area contributed by atoms with Gasteiger partial charge in [0.05, 0.1) is 28.8 Å². The van der Waals surface area contributed by atoms with Crippen LogP contribution in [-0.2, 0) is 6.54 Å². The Hall–Kier alpha value is -3.22. The fourth-order valence-electron chi connectivity index (χ4n) is 4.82. The van der Waals surface area contributed by atoms with Crippen LogP contribution in [0.4, 0.5) is 14.5 Å². The number of halogens is 2. The van der Waals surface area contributed by atoms with Crippen molar-refractivity contribution in [2.45, 2.75) is 45.0 Å². The summed E-state index contributed by atoms with van der Waals surface area (Å²) in [6.07, 6.45) is 0.894. The third kappa shape index (κ3) is 3.59. The minimum Gasteiger partial charge on any atom is -0.389 e. The van der Waals surface area contributed by atoms with E-state index in [1.54, 1.807) is 12.1 Å². The molecule has 1 aliphatic heterocycles. The van der Waals surface area contributed by atoms with Gasteiger partial charge in [-0.15, -0.1) is 0 Å². The van der Waals surface area contributed by atoms with E-state index in [2.05, 4.69) is 15.6 Å². The first kappa shape index (κ1) is 21.6. The Bertz CT molecular complexity index is 1330. The second kappa shape index (κ2) is 7.97. The van der Waals surface area contributed by atoms with Crippen molar-refractivity contribution in [1.29, 1.82) is 0 Å². The third-order valence-electron chi connectivity index (χ3n) is 6.64. The van der Waals surface area contributed by atoms with Crippen molar-refractivity contribution >= 4 is 16.6 Å². The minimum absolute atomic E-state index is 0.0959. The van der Waals surface area contributed by atoms with E-state index in [-0.39, 0.29) is 11.1 Å². The van der Waals surface area contributed by atoms with Crippen molar-refractivity contribution in [3.05, 3.63) is 89.1 Å². The first-order valence-electron chi connectivity index (χ1n) is 11.1. The molecule has 2 atom stereocenters. The highest BCUT2D eigenvalue weighted by molar-refractivity contribution is 5.96. The Kier molecular flexibility index (Phi) is 5.22. The van der Waals surface area contributed by atoms with Gasteiger partial charge >= 0.3 is 0 Å². The molecule has 0 fully saturated rings. The topological polar surface area (TPSA) is 60.1 Å². The molecule has 0 spiro atoms. The summed E-state index contributed by atoms with van der Waals surface area (Å²) in [4.78, 5) is 3.16. The van der Waals surface area contributed by atoms with E-state index in [9.17, 15) is 5.11 Å². The van der Waals surface area contributed by atoms with Gasteiger partial charge in [-0.3, -0.25) is 0 Å². The lowest BCUT2D eigenvalue weighted by atomic mass is 9.80. The van der Waals surface area contributed by atoms with Gasteiger partial charge in [0, 0.05) is 34.9 Å². The van der Waals surface area contributed by atoms with Crippen LogP contribution in [0.2, 0.25) is 0 Å². The largest absolute Gasteiger partial charge is 0.389 e. The molecular weight excluding hydrogens is 420 g/mol. The third-order valence-corrected chi connectivity index (χ3v) is 6.64. The molecule has 1 aromatic heterocycles. The van der Waals surface area contributed by atoms with Crippen molar-refractivity contribution in [1.82, 2.24) is 10.3 Å². The number of rotatable bonds is 4. The maximum atomic E-state index is 16.2. The Morgan fingerprint density at radius 1 is 1.06 bits per heavy atom. The molecule has 2 heterocycles. The predicted octanol–water partition coefficient (Wildman–Crippen LogP) is 5.82. The summed E-state index contributed by atoms with van der Waals surface area (Å²) in [5, 5.41) is 18.5. The molecule has 0 radical (unpaired) electrons. The van der Waals surface area contributed by atoms with Gasteiger partial charge < -0.3 is 20.7 Å². The molecule has 33 heavy (non-hydrogen) atoms. The molecule has 0 saturated carbocycles. The smallest absolute Gasteiger partial charge is 0.140 e. The van der Waals surface area contributed by atoms with E-state index in [1.807, 2.05) is 63.4 Å². The van der Waals surface area contributed by atoms with Gasteiger partial charge in [0.2, 0.25) is 0 Å². The number of aromatic nitrogens is 1. The number of hydrogen-bond donors (Lipinski definition) is 4. The molecule has 4 aromatic rings. The number of aliphatic hydroxyl groups is 1. The molecule has 0 bridgehead atoms. The van der Waals surface area contributed by atoms with Crippen LogP contribution in [0.15, 0.2) is 60.8 Å². The molecule has 4 nitrogen and oxygen atoms in total. The van der Waals surface area contributed by atoms with Crippen LogP contribution in [0.3, 0.4) is 0 Å². The SMILES string of the molecule is Cc1c[nH]c2c(-c3c(F)cc4c(c3F)[C@@H](NCc3ccccc3)[C@H](O)C(C)(C)N4)cccc12. The molecule has 0 aliphatic carbocycles. The highest BCUT2D eigenvalue weighted by Crippen LogP contribution is 2.44. The number of aromatic amines is 1. The fraction of sp³-hybridized carbons (Fsp3) is 0.259. The fourth-order valence-corrected chi connectivity index (χ4v) is 4.82. The normalized spacial score (nSPS) is 19.3. The maximum absolute atomic E-state index is 16.2. The Morgan fingerprint density at radius 2 is 1.82 bits per heavy atom. The van der Waals surface area contributed by atoms with E-state index < -0.39 is 29.3 Å². The quantitative estimate of drug-likeness (QED) is 0.319. The molecule has 5 rings (SSSR count). The van der Waals surface area contributed by atoms with Gasteiger partial charge in [0.1, 0.15) is 11.6 Å². The Morgan fingerprint density at radius 3 is 2.58 bits per heavy atom. The zero-order valence-corrected chi connectivity index (χ0v) is 18.8. The second-order valence-electron chi connectivity index (χ2n) is 9.34. The second-order valence-corrected chi connectivity index (χ2v) is 9.34. The zero-order valence-electron chi connectivity index (χ0n) is 18.8. The summed E-state index contributed by atoms with van der Waals surface area (Å²) in [6.45, 7) is 6.04. The standard InChI is InChI=1S/C27H27F2N3O/c1-15-13-30-24-17(15)10-7-11-18(24)21-19(28)12-20-22(23(21)29)25(26(33)27(2,3)32-20)31-14-16-8-5-4-6-9-16/h4-13,25-26,30-33H,14H2,1-3H3/t25-,26+/m1/s1. The lowest BCUT2D eigenvalue weighted by Gasteiger charge is -2.44. The summed E-state index contributed by atoms with van der Waals surface area (Å²) in [5.74, 6) is -1.31. The average molecular weight is 448 g/mol. The van der Waals surface area contributed by atoms with Crippen LogP contribution in [0, 0.1) is 18.6 Å². The van der Waals surface area contributed by atoms with Gasteiger partial charge in [0.15, 0.2) is 0 Å². The molecule has 1 aliphatic rings. The number of aliphatic hydroxyl groups excluding tert-OH is 1. The molecular formula is C27H27F2N3O. The maximum Gasteiger partial charge on any atom is 0.140 e. The van der Waals surface area contributed by atoms with Gasteiger partial charge in [0.25, 0.3) is 0 Å². The van der Waals surface area contributed by atoms with Crippen molar-refractivity contribution in [2.75, 3.05) is 5.32 Å². The average Bonchev–Trinajstić information content (AvgIpc) is 3.16.